The van der Waals surface area contributed by atoms with Crippen molar-refractivity contribution in [2.24, 2.45) is 17.8 Å². The Morgan fingerprint density at radius 1 is 0.319 bits per heavy atom. The van der Waals surface area contributed by atoms with Gasteiger partial charge in [0.1, 0.15) is 19.3 Å². The third kappa shape index (κ3) is 65.1. The Morgan fingerprint density at radius 2 is 0.560 bits per heavy atom. The molecule has 0 fully saturated rings. The summed E-state index contributed by atoms with van der Waals surface area (Å²) in [4.78, 5) is 72.6. The molecule has 0 aliphatic heterocycles. The van der Waals surface area contributed by atoms with E-state index in [1.54, 1.807) is 0 Å². The summed E-state index contributed by atoms with van der Waals surface area (Å²) in [6, 6.07) is 0. The zero-order valence-electron chi connectivity index (χ0n) is 59.3. The zero-order valence-corrected chi connectivity index (χ0v) is 61.1. The van der Waals surface area contributed by atoms with Crippen LogP contribution in [0.1, 0.15) is 363 Å². The maximum absolute atomic E-state index is 13.0. The van der Waals surface area contributed by atoms with E-state index in [0.717, 1.165) is 108 Å². The van der Waals surface area contributed by atoms with Gasteiger partial charge in [-0.1, -0.05) is 312 Å². The van der Waals surface area contributed by atoms with Gasteiger partial charge in [-0.2, -0.15) is 0 Å². The molecule has 19 heteroatoms. The maximum Gasteiger partial charge on any atom is 0.472 e. The van der Waals surface area contributed by atoms with Gasteiger partial charge < -0.3 is 33.8 Å². The molecule has 0 radical (unpaired) electrons. The van der Waals surface area contributed by atoms with E-state index in [2.05, 4.69) is 48.5 Å². The predicted molar refractivity (Wildman–Crippen MR) is 368 cm³/mol. The highest BCUT2D eigenvalue weighted by atomic mass is 31.2. The lowest BCUT2D eigenvalue weighted by Crippen LogP contribution is -2.30. The topological polar surface area (TPSA) is 237 Å². The monoisotopic (exact) mass is 1340 g/mol. The molecular formula is C72H140O17P2. The van der Waals surface area contributed by atoms with Gasteiger partial charge in [0.25, 0.3) is 0 Å². The van der Waals surface area contributed by atoms with Crippen molar-refractivity contribution in [1.82, 2.24) is 0 Å². The quantitative estimate of drug-likeness (QED) is 0.0222. The number of phosphoric ester groups is 2. The van der Waals surface area contributed by atoms with Gasteiger partial charge in [0.05, 0.1) is 26.4 Å². The summed E-state index contributed by atoms with van der Waals surface area (Å²) in [7, 11) is -9.90. The van der Waals surface area contributed by atoms with E-state index in [1.807, 2.05) is 0 Å². The highest BCUT2D eigenvalue weighted by Crippen LogP contribution is 2.45. The second kappa shape index (κ2) is 62.8. The molecule has 540 valence electrons. The van der Waals surface area contributed by atoms with E-state index < -0.39 is 97.5 Å². The van der Waals surface area contributed by atoms with Gasteiger partial charge in [0.2, 0.25) is 0 Å². The van der Waals surface area contributed by atoms with Crippen LogP contribution in [0.2, 0.25) is 0 Å². The minimum absolute atomic E-state index is 0.104. The third-order valence-electron chi connectivity index (χ3n) is 17.0. The fraction of sp³-hybridized carbons (Fsp3) is 0.944. The number of phosphoric acid groups is 2. The molecule has 0 aromatic rings. The Hall–Kier alpha value is -1.94. The van der Waals surface area contributed by atoms with Gasteiger partial charge in [-0.05, 0) is 43.4 Å². The lowest BCUT2D eigenvalue weighted by Gasteiger charge is -2.21. The summed E-state index contributed by atoms with van der Waals surface area (Å²) < 4.78 is 68.4. The first-order valence-electron chi connectivity index (χ1n) is 37.4. The average Bonchev–Trinajstić information content (AvgIpc) is 3.22. The fourth-order valence-electron chi connectivity index (χ4n) is 10.9. The number of aliphatic hydroxyl groups is 1. The first kappa shape index (κ1) is 89.1. The van der Waals surface area contributed by atoms with Crippen LogP contribution >= 0.6 is 15.6 Å². The minimum atomic E-state index is -4.95. The summed E-state index contributed by atoms with van der Waals surface area (Å²) in [6.07, 6.45) is 47.1. The standard InChI is InChI=1S/C72H140O17P2/c1-8-10-11-12-13-14-24-32-39-46-53-69(74)82-60-68(89-72(77)56-49-42-35-28-27-30-37-44-51-64(5)6)62-87-91(80,81)85-58-66(73)57-84-90(78,79)86-61-67(59-83-70(75)54-47-40-33-25-21-20-23-31-38-45-52-65(7)9-2)88-71(76)55-48-41-34-26-19-17-15-16-18-22-29-36-43-50-63(3)4/h63-68,73H,8-62H2,1-7H3,(H,78,79)(H,80,81)/t65?,66-,67-,68-/m1/s1. The van der Waals surface area contributed by atoms with Crippen molar-refractivity contribution < 1.29 is 80.2 Å². The number of carbonyl (C=O) groups excluding carboxylic acids is 4. The fourth-order valence-corrected chi connectivity index (χ4v) is 12.4. The molecule has 17 nitrogen and oxygen atoms in total. The van der Waals surface area contributed by atoms with E-state index in [0.29, 0.717) is 25.7 Å². The lowest BCUT2D eigenvalue weighted by atomic mass is 9.99. The SMILES string of the molecule is CCCCCCCCCCCCC(=O)OC[C@H](COP(=O)(O)OC[C@H](O)COP(=O)(O)OC[C@@H](COC(=O)CCCCCCCCCCCCC(C)CC)OC(=O)CCCCCCCCCCCCCCCC(C)C)OC(=O)CCCCCCCCCCC(C)C. The van der Waals surface area contributed by atoms with Gasteiger partial charge in [-0.25, -0.2) is 9.13 Å². The molecule has 0 spiro atoms. The van der Waals surface area contributed by atoms with Gasteiger partial charge in [-0.15, -0.1) is 0 Å². The molecule has 0 aliphatic carbocycles. The van der Waals surface area contributed by atoms with Crippen LogP contribution in [0.25, 0.3) is 0 Å². The van der Waals surface area contributed by atoms with E-state index >= 15 is 0 Å². The molecule has 0 saturated heterocycles. The number of ether oxygens (including phenoxy) is 4. The second-order valence-electron chi connectivity index (χ2n) is 27.2. The summed E-state index contributed by atoms with van der Waals surface area (Å²) in [5.41, 5.74) is 0. The maximum atomic E-state index is 13.0. The lowest BCUT2D eigenvalue weighted by molar-refractivity contribution is -0.161. The van der Waals surface area contributed by atoms with Gasteiger partial charge in [0, 0.05) is 25.7 Å². The molecule has 0 saturated carbocycles. The summed E-state index contributed by atoms with van der Waals surface area (Å²) in [5.74, 6) is 0.190. The molecule has 6 atom stereocenters. The van der Waals surface area contributed by atoms with Crippen molar-refractivity contribution in [2.75, 3.05) is 39.6 Å². The molecule has 3 unspecified atom stereocenters. The Bertz CT molecular complexity index is 1790. The molecule has 3 N–H and O–H groups in total. The minimum Gasteiger partial charge on any atom is -0.462 e. The zero-order chi connectivity index (χ0) is 67.3. The van der Waals surface area contributed by atoms with E-state index in [4.69, 9.17) is 37.0 Å². The number of unbranched alkanes of at least 4 members (excludes halogenated alkanes) is 37. The van der Waals surface area contributed by atoms with Crippen LogP contribution in [0.5, 0.6) is 0 Å². The summed E-state index contributed by atoms with van der Waals surface area (Å²) >= 11 is 0. The molecule has 91 heavy (non-hydrogen) atoms. The first-order valence-corrected chi connectivity index (χ1v) is 40.4. The highest BCUT2D eigenvalue weighted by Gasteiger charge is 2.30. The van der Waals surface area contributed by atoms with E-state index in [1.165, 1.54) is 173 Å². The molecule has 0 heterocycles. The number of esters is 4. The van der Waals surface area contributed by atoms with Crippen LogP contribution in [-0.4, -0.2) is 96.7 Å². The number of rotatable bonds is 70. The molecular weight excluding hydrogens is 1200 g/mol. The third-order valence-corrected chi connectivity index (χ3v) is 18.9. The van der Waals surface area contributed by atoms with Gasteiger partial charge >= 0.3 is 39.5 Å². The van der Waals surface area contributed by atoms with Crippen LogP contribution in [0.3, 0.4) is 0 Å². The van der Waals surface area contributed by atoms with Crippen LogP contribution in [0, 0.1) is 17.8 Å². The Morgan fingerprint density at radius 3 is 0.835 bits per heavy atom. The second-order valence-corrected chi connectivity index (χ2v) is 30.1. The predicted octanol–water partition coefficient (Wildman–Crippen LogP) is 20.6. The number of hydrogen-bond acceptors (Lipinski definition) is 15. The Kier molecular flexibility index (Phi) is 61.5. The van der Waals surface area contributed by atoms with Crippen molar-refractivity contribution >= 4 is 39.5 Å². The van der Waals surface area contributed by atoms with Crippen LogP contribution in [0.15, 0.2) is 0 Å². The van der Waals surface area contributed by atoms with Gasteiger partial charge in [-0.3, -0.25) is 37.3 Å². The molecule has 0 aromatic heterocycles. The van der Waals surface area contributed by atoms with Crippen molar-refractivity contribution in [3.63, 3.8) is 0 Å². The molecule has 0 amide bonds. The van der Waals surface area contributed by atoms with Crippen molar-refractivity contribution in [1.29, 1.82) is 0 Å². The number of aliphatic hydroxyl groups excluding tert-OH is 1. The molecule has 0 aromatic carbocycles. The van der Waals surface area contributed by atoms with Crippen LogP contribution in [-0.2, 0) is 65.4 Å². The van der Waals surface area contributed by atoms with Crippen molar-refractivity contribution in [2.45, 2.75) is 381 Å². The molecule has 0 bridgehead atoms. The van der Waals surface area contributed by atoms with E-state index in [-0.39, 0.29) is 25.7 Å². The average molecular weight is 1340 g/mol. The normalized spacial score (nSPS) is 14.5. The number of hydrogen-bond donors (Lipinski definition) is 3. The Balaban J connectivity index is 5.25. The van der Waals surface area contributed by atoms with E-state index in [9.17, 15) is 43.2 Å². The summed E-state index contributed by atoms with van der Waals surface area (Å²) in [6.45, 7) is 11.9. The van der Waals surface area contributed by atoms with Crippen LogP contribution < -0.4 is 0 Å². The largest absolute Gasteiger partial charge is 0.472 e. The van der Waals surface area contributed by atoms with Gasteiger partial charge in [0.15, 0.2) is 12.2 Å². The molecule has 0 rings (SSSR count). The highest BCUT2D eigenvalue weighted by molar-refractivity contribution is 7.47. The van der Waals surface area contributed by atoms with Crippen molar-refractivity contribution in [3.8, 4) is 0 Å². The number of carbonyl (C=O) groups is 4. The first-order chi connectivity index (χ1) is 43.8. The smallest absolute Gasteiger partial charge is 0.462 e. The Labute approximate surface area is 556 Å². The van der Waals surface area contributed by atoms with Crippen molar-refractivity contribution in [3.05, 3.63) is 0 Å². The summed E-state index contributed by atoms with van der Waals surface area (Å²) in [5, 5.41) is 10.6. The van der Waals surface area contributed by atoms with Crippen LogP contribution in [0.4, 0.5) is 0 Å². The molecule has 0 aliphatic rings.